The van der Waals surface area contributed by atoms with Crippen LogP contribution in [0, 0.1) is 11.8 Å². The summed E-state index contributed by atoms with van der Waals surface area (Å²) in [4.78, 5) is 14.8. The Labute approximate surface area is 123 Å². The van der Waals surface area contributed by atoms with Gasteiger partial charge < -0.3 is 9.64 Å². The minimum Gasteiger partial charge on any atom is -0.378 e. The second-order valence-corrected chi connectivity index (χ2v) is 6.31. The Balaban J connectivity index is 2.03. The van der Waals surface area contributed by atoms with Gasteiger partial charge in [-0.3, -0.25) is 10.1 Å². The molecular weight excluding hydrogens is 252 g/mol. The molecule has 0 spiro atoms. The molecule has 4 heteroatoms. The first-order chi connectivity index (χ1) is 9.62. The molecule has 5 atom stereocenters. The third-order valence-electron chi connectivity index (χ3n) is 5.08. The van der Waals surface area contributed by atoms with Gasteiger partial charge in [0.05, 0.1) is 18.3 Å². The molecular formula is C16H30N2O2. The maximum Gasteiger partial charge on any atom is 0.241 e. The molecule has 2 aliphatic heterocycles. The first-order valence-corrected chi connectivity index (χ1v) is 8.30. The maximum atomic E-state index is 12.7. The molecule has 0 aromatic heterocycles. The van der Waals surface area contributed by atoms with Crippen molar-refractivity contribution in [2.45, 2.75) is 71.7 Å². The number of hydrogen-bond donors (Lipinski definition) is 1. The van der Waals surface area contributed by atoms with Crippen LogP contribution in [0.2, 0.25) is 0 Å². The fourth-order valence-electron chi connectivity index (χ4n) is 3.51. The number of nitrogens with one attached hydrogen (secondary N) is 1. The van der Waals surface area contributed by atoms with Gasteiger partial charge in [-0.2, -0.15) is 0 Å². The Kier molecular flexibility index (Phi) is 5.44. The van der Waals surface area contributed by atoms with E-state index in [0.29, 0.717) is 23.8 Å². The molecule has 1 amide bonds. The van der Waals surface area contributed by atoms with Crippen molar-refractivity contribution < 1.29 is 9.53 Å². The van der Waals surface area contributed by atoms with Crippen molar-refractivity contribution in [3.63, 3.8) is 0 Å². The van der Waals surface area contributed by atoms with Gasteiger partial charge in [0.15, 0.2) is 0 Å². The number of hydrogen-bond acceptors (Lipinski definition) is 3. The van der Waals surface area contributed by atoms with Crippen LogP contribution in [0.3, 0.4) is 0 Å². The normalized spacial score (nSPS) is 35.8. The van der Waals surface area contributed by atoms with Gasteiger partial charge in [-0.15, -0.1) is 0 Å². The Hall–Kier alpha value is -0.610. The van der Waals surface area contributed by atoms with Crippen molar-refractivity contribution in [2.24, 2.45) is 11.8 Å². The van der Waals surface area contributed by atoms with Gasteiger partial charge in [-0.05, 0) is 25.2 Å². The lowest BCUT2D eigenvalue weighted by molar-refractivity contribution is -0.131. The zero-order chi connectivity index (χ0) is 14.7. The first-order valence-electron chi connectivity index (χ1n) is 8.30. The van der Waals surface area contributed by atoms with E-state index in [0.717, 1.165) is 38.8 Å². The SMILES string of the molecule is CCC(C)C1NC(CC)N(CC2CCOC2CC)C1=O. The Morgan fingerprint density at radius 1 is 1.35 bits per heavy atom. The molecule has 2 saturated heterocycles. The monoisotopic (exact) mass is 282 g/mol. The third kappa shape index (κ3) is 3.01. The average molecular weight is 282 g/mol. The second kappa shape index (κ2) is 6.90. The van der Waals surface area contributed by atoms with Crippen LogP contribution in [0.15, 0.2) is 0 Å². The summed E-state index contributed by atoms with van der Waals surface area (Å²) < 4.78 is 5.77. The fourth-order valence-corrected chi connectivity index (χ4v) is 3.51. The Morgan fingerprint density at radius 3 is 2.70 bits per heavy atom. The van der Waals surface area contributed by atoms with E-state index < -0.39 is 0 Å². The number of rotatable bonds is 6. The van der Waals surface area contributed by atoms with Gasteiger partial charge >= 0.3 is 0 Å². The van der Waals surface area contributed by atoms with E-state index in [1.807, 2.05) is 0 Å². The van der Waals surface area contributed by atoms with Crippen molar-refractivity contribution in [1.29, 1.82) is 0 Å². The van der Waals surface area contributed by atoms with E-state index >= 15 is 0 Å². The molecule has 2 rings (SSSR count). The van der Waals surface area contributed by atoms with E-state index in [1.165, 1.54) is 0 Å². The smallest absolute Gasteiger partial charge is 0.241 e. The molecule has 0 aromatic carbocycles. The third-order valence-corrected chi connectivity index (χ3v) is 5.08. The summed E-state index contributed by atoms with van der Waals surface area (Å²) in [7, 11) is 0. The lowest BCUT2D eigenvalue weighted by Gasteiger charge is -2.28. The van der Waals surface area contributed by atoms with Crippen molar-refractivity contribution in [2.75, 3.05) is 13.2 Å². The van der Waals surface area contributed by atoms with Crippen LogP contribution >= 0.6 is 0 Å². The molecule has 2 fully saturated rings. The number of ether oxygens (including phenoxy) is 1. The highest BCUT2D eigenvalue weighted by Gasteiger charge is 2.42. The van der Waals surface area contributed by atoms with Gasteiger partial charge in [-0.1, -0.05) is 34.1 Å². The van der Waals surface area contributed by atoms with Crippen LogP contribution in [0.4, 0.5) is 0 Å². The molecule has 2 aliphatic rings. The highest BCUT2D eigenvalue weighted by molar-refractivity contribution is 5.84. The molecule has 1 N–H and O–H groups in total. The summed E-state index contributed by atoms with van der Waals surface area (Å²) in [6.07, 6.45) is 4.70. The average Bonchev–Trinajstić information content (AvgIpc) is 3.04. The van der Waals surface area contributed by atoms with Crippen molar-refractivity contribution in [1.82, 2.24) is 10.2 Å². The molecule has 0 aromatic rings. The first kappa shape index (κ1) is 15.8. The van der Waals surface area contributed by atoms with Crippen LogP contribution in [0.5, 0.6) is 0 Å². The minimum absolute atomic E-state index is 0.00680. The zero-order valence-electron chi connectivity index (χ0n) is 13.4. The molecule has 0 saturated carbocycles. The predicted molar refractivity (Wildman–Crippen MR) is 80.3 cm³/mol. The van der Waals surface area contributed by atoms with Crippen LogP contribution < -0.4 is 5.32 Å². The molecule has 20 heavy (non-hydrogen) atoms. The number of carbonyl (C=O) groups is 1. The number of carbonyl (C=O) groups excluding carboxylic acids is 1. The summed E-state index contributed by atoms with van der Waals surface area (Å²) in [6.45, 7) is 10.4. The maximum absolute atomic E-state index is 12.7. The molecule has 116 valence electrons. The predicted octanol–water partition coefficient (Wildman–Crippen LogP) is 2.38. The van der Waals surface area contributed by atoms with E-state index in [1.54, 1.807) is 0 Å². The van der Waals surface area contributed by atoms with Crippen molar-refractivity contribution >= 4 is 5.91 Å². The van der Waals surface area contributed by atoms with Crippen molar-refractivity contribution in [3.05, 3.63) is 0 Å². The molecule has 0 bridgehead atoms. The van der Waals surface area contributed by atoms with Crippen LogP contribution in [0.25, 0.3) is 0 Å². The largest absolute Gasteiger partial charge is 0.378 e. The van der Waals surface area contributed by atoms with Crippen LogP contribution in [-0.2, 0) is 9.53 Å². The van der Waals surface area contributed by atoms with E-state index in [9.17, 15) is 4.79 Å². The van der Waals surface area contributed by atoms with Gasteiger partial charge in [0.1, 0.15) is 0 Å². The number of nitrogens with zero attached hydrogens (tertiary/aromatic N) is 1. The highest BCUT2D eigenvalue weighted by atomic mass is 16.5. The Morgan fingerprint density at radius 2 is 2.10 bits per heavy atom. The van der Waals surface area contributed by atoms with Gasteiger partial charge in [0.25, 0.3) is 0 Å². The summed E-state index contributed by atoms with van der Waals surface area (Å²) in [5.41, 5.74) is 0. The van der Waals surface area contributed by atoms with E-state index in [2.05, 4.69) is 37.9 Å². The summed E-state index contributed by atoms with van der Waals surface area (Å²) in [5.74, 6) is 1.21. The van der Waals surface area contributed by atoms with E-state index in [4.69, 9.17) is 4.74 Å². The topological polar surface area (TPSA) is 41.6 Å². The molecule has 2 heterocycles. The lowest BCUT2D eigenvalue weighted by Crippen LogP contribution is -2.41. The molecule has 4 nitrogen and oxygen atoms in total. The Bertz CT molecular complexity index is 334. The summed E-state index contributed by atoms with van der Waals surface area (Å²) in [5, 5.41) is 3.53. The van der Waals surface area contributed by atoms with Crippen LogP contribution in [-0.4, -0.2) is 42.3 Å². The van der Waals surface area contributed by atoms with Gasteiger partial charge in [0.2, 0.25) is 5.91 Å². The lowest BCUT2D eigenvalue weighted by atomic mass is 9.97. The number of amides is 1. The zero-order valence-corrected chi connectivity index (χ0v) is 13.4. The highest BCUT2D eigenvalue weighted by Crippen LogP contribution is 2.28. The van der Waals surface area contributed by atoms with Gasteiger partial charge in [0, 0.05) is 19.1 Å². The van der Waals surface area contributed by atoms with Crippen molar-refractivity contribution in [3.8, 4) is 0 Å². The molecule has 0 radical (unpaired) electrons. The molecule has 0 aliphatic carbocycles. The van der Waals surface area contributed by atoms with E-state index in [-0.39, 0.29) is 12.2 Å². The van der Waals surface area contributed by atoms with Gasteiger partial charge in [-0.25, -0.2) is 0 Å². The quantitative estimate of drug-likeness (QED) is 0.813. The minimum atomic E-state index is 0.00680. The van der Waals surface area contributed by atoms with Crippen LogP contribution in [0.1, 0.15) is 53.4 Å². The molecule has 5 unspecified atom stereocenters. The fraction of sp³-hybridized carbons (Fsp3) is 0.938. The summed E-state index contributed by atoms with van der Waals surface area (Å²) >= 11 is 0. The summed E-state index contributed by atoms with van der Waals surface area (Å²) in [6, 6.07) is 0.00680. The standard InChI is InChI=1S/C16H30N2O2/c1-5-11(4)15-16(19)18(14(7-3)17-15)10-12-8-9-20-13(12)6-2/h11-15,17H,5-10H2,1-4H3. The second-order valence-electron chi connectivity index (χ2n) is 6.31.